The molecule has 2 rings (SSSR count). The second kappa shape index (κ2) is 6.13. The average molecular weight is 234 g/mol. The third kappa shape index (κ3) is 3.98. The Bertz CT molecular complexity index is 348. The first-order chi connectivity index (χ1) is 8.34. The van der Waals surface area contributed by atoms with Gasteiger partial charge in [-0.15, -0.1) is 0 Å². The lowest BCUT2D eigenvalue weighted by atomic mass is 10.3. The predicted molar refractivity (Wildman–Crippen MR) is 65.9 cm³/mol. The molecule has 0 bridgehead atoms. The van der Waals surface area contributed by atoms with Crippen molar-refractivity contribution in [3.63, 3.8) is 0 Å². The van der Waals surface area contributed by atoms with E-state index in [1.165, 1.54) is 12.8 Å². The number of carbonyl (C=O) groups excluding carboxylic acids is 1. The van der Waals surface area contributed by atoms with Gasteiger partial charge in [0, 0.05) is 6.04 Å². The molecule has 2 N–H and O–H groups in total. The summed E-state index contributed by atoms with van der Waals surface area (Å²) in [6.45, 7) is 0.197. The van der Waals surface area contributed by atoms with Gasteiger partial charge in [0.2, 0.25) is 0 Å². The Morgan fingerprint density at radius 2 is 1.94 bits per heavy atom. The molecule has 92 valence electrons. The van der Waals surface area contributed by atoms with Crippen molar-refractivity contribution in [2.75, 3.05) is 6.73 Å². The molecule has 0 unspecified atom stereocenters. The van der Waals surface area contributed by atoms with Crippen LogP contribution < -0.4 is 15.4 Å². The fraction of sp³-hybridized carbons (Fsp3) is 0.462. The summed E-state index contributed by atoms with van der Waals surface area (Å²) in [7, 11) is 0. The number of rotatable bonds is 4. The number of ether oxygens (including phenoxy) is 1. The van der Waals surface area contributed by atoms with Crippen molar-refractivity contribution < 1.29 is 9.53 Å². The van der Waals surface area contributed by atoms with Gasteiger partial charge in [-0.25, -0.2) is 4.79 Å². The van der Waals surface area contributed by atoms with Crippen LogP contribution in [0.1, 0.15) is 25.7 Å². The molecule has 1 fully saturated rings. The van der Waals surface area contributed by atoms with Crippen LogP contribution in [0.2, 0.25) is 0 Å². The summed E-state index contributed by atoms with van der Waals surface area (Å²) in [4.78, 5) is 11.5. The standard InChI is InChI=1S/C13H18N2O2/c16-13(15-11-6-4-5-7-11)14-10-17-12-8-2-1-3-9-12/h1-3,8-9,11H,4-7,10H2,(H2,14,15,16). The van der Waals surface area contributed by atoms with Crippen molar-refractivity contribution in [2.45, 2.75) is 31.7 Å². The maximum Gasteiger partial charge on any atom is 0.317 e. The van der Waals surface area contributed by atoms with Gasteiger partial charge < -0.3 is 15.4 Å². The first kappa shape index (κ1) is 11.8. The minimum absolute atomic E-state index is 0.146. The van der Waals surface area contributed by atoms with E-state index < -0.39 is 0 Å². The molecule has 0 heterocycles. The van der Waals surface area contributed by atoms with Crippen LogP contribution in [-0.2, 0) is 0 Å². The SMILES string of the molecule is O=C(NCOc1ccccc1)NC1CCCC1. The molecule has 1 aromatic rings. The van der Waals surface area contributed by atoms with Crippen LogP contribution in [0.4, 0.5) is 4.79 Å². The van der Waals surface area contributed by atoms with Crippen molar-refractivity contribution in [3.05, 3.63) is 30.3 Å². The van der Waals surface area contributed by atoms with Gasteiger partial charge in [-0.2, -0.15) is 0 Å². The Hall–Kier alpha value is -1.71. The van der Waals surface area contributed by atoms with Crippen molar-refractivity contribution in [1.29, 1.82) is 0 Å². The van der Waals surface area contributed by atoms with Gasteiger partial charge in [-0.3, -0.25) is 0 Å². The minimum atomic E-state index is -0.146. The number of benzene rings is 1. The van der Waals surface area contributed by atoms with Gasteiger partial charge in [-0.05, 0) is 25.0 Å². The summed E-state index contributed by atoms with van der Waals surface area (Å²) in [6.07, 6.45) is 4.61. The van der Waals surface area contributed by atoms with Crippen molar-refractivity contribution in [2.24, 2.45) is 0 Å². The van der Waals surface area contributed by atoms with E-state index in [0.29, 0.717) is 6.04 Å². The summed E-state index contributed by atoms with van der Waals surface area (Å²) < 4.78 is 5.37. The Balaban J connectivity index is 1.63. The van der Waals surface area contributed by atoms with Gasteiger partial charge in [0.15, 0.2) is 6.73 Å². The van der Waals surface area contributed by atoms with Crippen LogP contribution in [0.3, 0.4) is 0 Å². The largest absolute Gasteiger partial charge is 0.473 e. The second-order valence-corrected chi connectivity index (χ2v) is 4.23. The fourth-order valence-electron chi connectivity index (χ4n) is 2.01. The topological polar surface area (TPSA) is 50.4 Å². The number of urea groups is 1. The average Bonchev–Trinajstić information content (AvgIpc) is 2.83. The molecule has 1 aliphatic carbocycles. The molecule has 0 atom stereocenters. The third-order valence-electron chi connectivity index (χ3n) is 2.91. The number of hydrogen-bond donors (Lipinski definition) is 2. The van der Waals surface area contributed by atoms with Gasteiger partial charge in [0.05, 0.1) is 0 Å². The Morgan fingerprint density at radius 1 is 1.24 bits per heavy atom. The molecule has 1 aliphatic rings. The molecule has 0 aliphatic heterocycles. The quantitative estimate of drug-likeness (QED) is 0.785. The summed E-state index contributed by atoms with van der Waals surface area (Å²) in [6, 6.07) is 9.63. The lowest BCUT2D eigenvalue weighted by Gasteiger charge is -2.13. The van der Waals surface area contributed by atoms with E-state index in [2.05, 4.69) is 10.6 Å². The molecule has 17 heavy (non-hydrogen) atoms. The lowest BCUT2D eigenvalue weighted by molar-refractivity contribution is 0.220. The molecular weight excluding hydrogens is 216 g/mol. The van der Waals surface area contributed by atoms with Crippen LogP contribution in [0.25, 0.3) is 0 Å². The number of para-hydroxylation sites is 1. The number of nitrogens with one attached hydrogen (secondary N) is 2. The molecular formula is C13H18N2O2. The van der Waals surface area contributed by atoms with E-state index in [1.807, 2.05) is 30.3 Å². The molecule has 1 aromatic carbocycles. The predicted octanol–water partition coefficient (Wildman–Crippen LogP) is 2.26. The zero-order valence-corrected chi connectivity index (χ0v) is 9.82. The van der Waals surface area contributed by atoms with Crippen molar-refractivity contribution in [3.8, 4) is 5.75 Å². The van der Waals surface area contributed by atoms with E-state index in [4.69, 9.17) is 4.74 Å². The molecule has 4 nitrogen and oxygen atoms in total. The van der Waals surface area contributed by atoms with Gasteiger partial charge in [0.25, 0.3) is 0 Å². The zero-order chi connectivity index (χ0) is 11.9. The van der Waals surface area contributed by atoms with E-state index in [1.54, 1.807) is 0 Å². The Kier molecular flexibility index (Phi) is 4.24. The minimum Gasteiger partial charge on any atom is -0.473 e. The highest BCUT2D eigenvalue weighted by molar-refractivity contribution is 5.74. The van der Waals surface area contributed by atoms with Crippen LogP contribution in [0.5, 0.6) is 5.75 Å². The molecule has 0 aromatic heterocycles. The maximum atomic E-state index is 11.5. The monoisotopic (exact) mass is 234 g/mol. The summed E-state index contributed by atoms with van der Waals surface area (Å²) >= 11 is 0. The van der Waals surface area contributed by atoms with Gasteiger partial charge >= 0.3 is 6.03 Å². The number of amides is 2. The van der Waals surface area contributed by atoms with Gasteiger partial charge in [-0.1, -0.05) is 31.0 Å². The van der Waals surface area contributed by atoms with Crippen LogP contribution in [-0.4, -0.2) is 18.8 Å². The molecule has 2 amide bonds. The first-order valence-electron chi connectivity index (χ1n) is 6.07. The molecule has 0 radical (unpaired) electrons. The Labute approximate surface area is 101 Å². The smallest absolute Gasteiger partial charge is 0.317 e. The van der Waals surface area contributed by atoms with Crippen LogP contribution in [0.15, 0.2) is 30.3 Å². The highest BCUT2D eigenvalue weighted by atomic mass is 16.5. The normalized spacial score (nSPS) is 15.5. The number of hydrogen-bond acceptors (Lipinski definition) is 2. The van der Waals surface area contributed by atoms with Crippen molar-refractivity contribution in [1.82, 2.24) is 10.6 Å². The second-order valence-electron chi connectivity index (χ2n) is 4.23. The van der Waals surface area contributed by atoms with E-state index in [9.17, 15) is 4.79 Å². The van der Waals surface area contributed by atoms with Crippen molar-refractivity contribution >= 4 is 6.03 Å². The molecule has 4 heteroatoms. The fourth-order valence-corrected chi connectivity index (χ4v) is 2.01. The third-order valence-corrected chi connectivity index (χ3v) is 2.91. The summed E-state index contributed by atoms with van der Waals surface area (Å²) in [5.41, 5.74) is 0. The summed E-state index contributed by atoms with van der Waals surface area (Å²) in [5, 5.41) is 5.62. The van der Waals surface area contributed by atoms with Crippen LogP contribution in [0, 0.1) is 0 Å². The number of carbonyl (C=O) groups is 1. The molecule has 0 spiro atoms. The first-order valence-corrected chi connectivity index (χ1v) is 6.07. The van der Waals surface area contributed by atoms with E-state index in [0.717, 1.165) is 18.6 Å². The maximum absolute atomic E-state index is 11.5. The summed E-state index contributed by atoms with van der Waals surface area (Å²) in [5.74, 6) is 0.758. The molecule has 1 saturated carbocycles. The molecule has 0 saturated heterocycles. The highest BCUT2D eigenvalue weighted by Crippen LogP contribution is 2.17. The van der Waals surface area contributed by atoms with Gasteiger partial charge in [0.1, 0.15) is 5.75 Å². The lowest BCUT2D eigenvalue weighted by Crippen LogP contribution is -2.42. The zero-order valence-electron chi connectivity index (χ0n) is 9.82. The highest BCUT2D eigenvalue weighted by Gasteiger charge is 2.16. The van der Waals surface area contributed by atoms with Crippen LogP contribution >= 0.6 is 0 Å². The van der Waals surface area contributed by atoms with E-state index in [-0.39, 0.29) is 12.8 Å². The Morgan fingerprint density at radius 3 is 2.65 bits per heavy atom. The van der Waals surface area contributed by atoms with E-state index >= 15 is 0 Å².